The molecule has 0 amide bonds. The second kappa shape index (κ2) is 8.24. The summed E-state index contributed by atoms with van der Waals surface area (Å²) in [4.78, 5) is 13.4. The minimum absolute atomic E-state index is 0.319. The second-order valence-corrected chi connectivity index (χ2v) is 7.22. The second-order valence-electron chi connectivity index (χ2n) is 7.22. The summed E-state index contributed by atoms with van der Waals surface area (Å²) in [5.41, 5.74) is 5.64. The van der Waals surface area contributed by atoms with Crippen LogP contribution in [0.1, 0.15) is 11.1 Å². The van der Waals surface area contributed by atoms with Crippen LogP contribution in [0.2, 0.25) is 0 Å². The van der Waals surface area contributed by atoms with Crippen LogP contribution in [0.3, 0.4) is 0 Å². The molecule has 2 heterocycles. The molecule has 5 aromatic rings. The quantitative estimate of drug-likeness (QED) is 0.396. The van der Waals surface area contributed by atoms with Crippen molar-refractivity contribution in [1.82, 2.24) is 19.6 Å². The van der Waals surface area contributed by atoms with Gasteiger partial charge in [0.2, 0.25) is 0 Å². The zero-order valence-corrected chi connectivity index (χ0v) is 16.8. The van der Waals surface area contributed by atoms with E-state index < -0.39 is 0 Å². The largest absolute Gasteiger partial charge is 0.369 e. The molecular weight excluding hydrogens is 384 g/mol. The number of nitrogens with zero attached hydrogens (tertiary/aromatic N) is 4. The number of rotatable bonds is 4. The number of carbonyl (C=O) groups is 1. The zero-order chi connectivity index (χ0) is 21.0. The Bertz CT molecular complexity index is 1290. The van der Waals surface area contributed by atoms with E-state index in [1.807, 2.05) is 78.9 Å². The Labute approximate surface area is 180 Å². The summed E-state index contributed by atoms with van der Waals surface area (Å²) in [5, 5.41) is 8.94. The number of hydrogen-bond donors (Lipinski definition) is 0. The van der Waals surface area contributed by atoms with E-state index in [0.29, 0.717) is 6.42 Å². The van der Waals surface area contributed by atoms with Gasteiger partial charge in [-0.15, -0.1) is 0 Å². The van der Waals surface area contributed by atoms with Gasteiger partial charge in [0.25, 0.3) is 0 Å². The van der Waals surface area contributed by atoms with Crippen molar-refractivity contribution in [2.75, 3.05) is 0 Å². The lowest BCUT2D eigenvalue weighted by Gasteiger charge is -2.10. The van der Waals surface area contributed by atoms with Crippen molar-refractivity contribution in [3.05, 3.63) is 121 Å². The van der Waals surface area contributed by atoms with Gasteiger partial charge >= 0.3 is 6.03 Å². The summed E-state index contributed by atoms with van der Waals surface area (Å²) < 4.78 is 2.78. The predicted octanol–water partition coefficient (Wildman–Crippen LogP) is 5.52. The molecule has 0 bridgehead atoms. The van der Waals surface area contributed by atoms with Gasteiger partial charge in [-0.3, -0.25) is 0 Å². The first-order valence-electron chi connectivity index (χ1n) is 10.1. The van der Waals surface area contributed by atoms with Crippen LogP contribution in [0.5, 0.6) is 0 Å². The molecule has 31 heavy (non-hydrogen) atoms. The van der Waals surface area contributed by atoms with Crippen LogP contribution >= 0.6 is 0 Å². The maximum Gasteiger partial charge on any atom is 0.369 e. The summed E-state index contributed by atoms with van der Waals surface area (Å²) in [6.07, 6.45) is 3.88. The number of benzene rings is 3. The minimum atomic E-state index is -0.319. The van der Waals surface area contributed by atoms with Gasteiger partial charge in [0, 0.05) is 35.5 Å². The first-order valence-corrected chi connectivity index (χ1v) is 10.1. The molecule has 0 radical (unpaired) electrons. The number of hydrogen-bond acceptors (Lipinski definition) is 3. The van der Waals surface area contributed by atoms with Gasteiger partial charge in [-0.25, -0.2) is 4.79 Å². The summed E-state index contributed by atoms with van der Waals surface area (Å²) in [6.45, 7) is 0. The third-order valence-electron chi connectivity index (χ3n) is 5.18. The van der Waals surface area contributed by atoms with E-state index in [2.05, 4.69) is 17.2 Å². The van der Waals surface area contributed by atoms with E-state index in [4.69, 9.17) is 5.10 Å². The highest BCUT2D eigenvalue weighted by Gasteiger charge is 2.25. The molecule has 150 valence electrons. The Morgan fingerprint density at radius 1 is 0.742 bits per heavy atom. The first kappa shape index (κ1) is 18.8. The van der Waals surface area contributed by atoms with E-state index in [9.17, 15) is 4.79 Å². The number of carbonyl (C=O) groups excluding carboxylic acids is 1. The van der Waals surface area contributed by atoms with Crippen molar-refractivity contribution in [2.24, 2.45) is 0 Å². The predicted molar refractivity (Wildman–Crippen MR) is 121 cm³/mol. The lowest BCUT2D eigenvalue weighted by molar-refractivity contribution is 0.238. The lowest BCUT2D eigenvalue weighted by Crippen LogP contribution is -2.22. The van der Waals surface area contributed by atoms with E-state index in [0.717, 1.165) is 33.6 Å². The molecule has 0 atom stereocenters. The van der Waals surface area contributed by atoms with E-state index in [1.54, 1.807) is 18.5 Å². The molecule has 0 spiro atoms. The summed E-state index contributed by atoms with van der Waals surface area (Å²) in [6, 6.07) is 31.6. The highest BCUT2D eigenvalue weighted by molar-refractivity contribution is 5.87. The van der Waals surface area contributed by atoms with Crippen molar-refractivity contribution in [2.45, 2.75) is 6.42 Å². The van der Waals surface area contributed by atoms with Crippen LogP contribution in [0.15, 0.2) is 109 Å². The Morgan fingerprint density at radius 3 is 1.97 bits per heavy atom. The average molecular weight is 404 g/mol. The van der Waals surface area contributed by atoms with Crippen LogP contribution in [0.25, 0.3) is 22.5 Å². The molecule has 0 unspecified atom stereocenters. The van der Waals surface area contributed by atoms with Crippen molar-refractivity contribution in [1.29, 1.82) is 0 Å². The maximum absolute atomic E-state index is 13.4. The van der Waals surface area contributed by atoms with Crippen molar-refractivity contribution >= 4 is 6.03 Å². The van der Waals surface area contributed by atoms with Gasteiger partial charge < -0.3 is 0 Å². The van der Waals surface area contributed by atoms with Crippen molar-refractivity contribution in [3.8, 4) is 22.5 Å². The SMILES string of the molecule is O=C(n1cccn1)n1nc(-c2ccccc2)c(Cc2ccccc2)c1-c1ccccc1. The fourth-order valence-corrected chi connectivity index (χ4v) is 3.76. The van der Waals surface area contributed by atoms with Crippen LogP contribution in [-0.2, 0) is 6.42 Å². The maximum atomic E-state index is 13.4. The Balaban J connectivity index is 1.77. The van der Waals surface area contributed by atoms with E-state index >= 15 is 0 Å². The van der Waals surface area contributed by atoms with Crippen molar-refractivity contribution in [3.63, 3.8) is 0 Å². The van der Waals surface area contributed by atoms with Crippen LogP contribution in [0, 0.1) is 0 Å². The molecule has 3 aromatic carbocycles. The monoisotopic (exact) mass is 404 g/mol. The first-order chi connectivity index (χ1) is 15.3. The number of aromatic nitrogens is 4. The smallest absolute Gasteiger partial charge is 0.244 e. The summed E-state index contributed by atoms with van der Waals surface area (Å²) in [5.74, 6) is 0. The Morgan fingerprint density at radius 2 is 1.35 bits per heavy atom. The zero-order valence-electron chi connectivity index (χ0n) is 16.8. The van der Waals surface area contributed by atoms with Crippen LogP contribution in [-0.4, -0.2) is 25.6 Å². The summed E-state index contributed by atoms with van der Waals surface area (Å²) in [7, 11) is 0. The highest BCUT2D eigenvalue weighted by atomic mass is 16.2. The standard InChI is InChI=1S/C26H20N4O/c31-26(29-18-10-17-27-29)30-25(22-15-8-3-9-16-22)23(19-20-11-4-1-5-12-20)24(28-30)21-13-6-2-7-14-21/h1-18H,19H2. The molecule has 0 saturated carbocycles. The van der Waals surface area contributed by atoms with E-state index in [1.165, 1.54) is 9.36 Å². The van der Waals surface area contributed by atoms with Gasteiger partial charge in [0.05, 0.1) is 11.4 Å². The molecule has 0 N–H and O–H groups in total. The molecule has 0 aliphatic carbocycles. The molecule has 5 nitrogen and oxygen atoms in total. The molecule has 5 heteroatoms. The van der Waals surface area contributed by atoms with Gasteiger partial charge in [-0.1, -0.05) is 91.0 Å². The van der Waals surface area contributed by atoms with Crippen LogP contribution < -0.4 is 0 Å². The molecule has 2 aromatic heterocycles. The molecule has 5 rings (SSSR count). The minimum Gasteiger partial charge on any atom is -0.244 e. The average Bonchev–Trinajstić information content (AvgIpc) is 3.49. The molecular formula is C26H20N4O. The fourth-order valence-electron chi connectivity index (χ4n) is 3.76. The fraction of sp³-hybridized carbons (Fsp3) is 0.0385. The molecule has 0 saturated heterocycles. The lowest BCUT2D eigenvalue weighted by atomic mass is 9.96. The third-order valence-corrected chi connectivity index (χ3v) is 5.18. The van der Waals surface area contributed by atoms with Gasteiger partial charge in [0.1, 0.15) is 0 Å². The Hall–Kier alpha value is -4.25. The van der Waals surface area contributed by atoms with Crippen LogP contribution in [0.4, 0.5) is 4.79 Å². The van der Waals surface area contributed by atoms with Gasteiger partial charge in [-0.05, 0) is 11.6 Å². The molecule has 0 fully saturated rings. The summed E-state index contributed by atoms with van der Waals surface area (Å²) >= 11 is 0. The third kappa shape index (κ3) is 3.69. The normalized spacial score (nSPS) is 10.8. The van der Waals surface area contributed by atoms with Gasteiger partial charge in [-0.2, -0.15) is 19.6 Å². The van der Waals surface area contributed by atoms with E-state index in [-0.39, 0.29) is 6.03 Å². The van der Waals surface area contributed by atoms with Crippen molar-refractivity contribution < 1.29 is 4.79 Å². The Kier molecular flexibility index (Phi) is 4.99. The molecule has 0 aliphatic heterocycles. The van der Waals surface area contributed by atoms with Gasteiger partial charge in [0.15, 0.2) is 0 Å². The topological polar surface area (TPSA) is 52.7 Å². The highest BCUT2D eigenvalue weighted by Crippen LogP contribution is 2.34. The molecule has 0 aliphatic rings.